The van der Waals surface area contributed by atoms with Crippen LogP contribution in [0.5, 0.6) is 0 Å². The lowest BCUT2D eigenvalue weighted by Gasteiger charge is -2.10. The molecule has 3 atom stereocenters. The first kappa shape index (κ1) is 11.4. The van der Waals surface area contributed by atoms with Crippen LogP contribution in [-0.2, 0) is 4.79 Å². The van der Waals surface area contributed by atoms with Gasteiger partial charge in [0.05, 0.1) is 6.04 Å². The third-order valence-corrected chi connectivity index (χ3v) is 3.80. The fourth-order valence-corrected chi connectivity index (χ4v) is 2.26. The molecule has 0 radical (unpaired) electrons. The molecule has 3 nitrogen and oxygen atoms in total. The van der Waals surface area contributed by atoms with E-state index in [4.69, 9.17) is 23.2 Å². The normalized spacial score (nSPS) is 37.7. The van der Waals surface area contributed by atoms with Gasteiger partial charge in [0, 0.05) is 25.4 Å². The molecule has 2 aliphatic rings. The second-order valence-electron chi connectivity index (χ2n) is 4.20. The first-order valence-electron chi connectivity index (χ1n) is 5.02. The van der Waals surface area contributed by atoms with Gasteiger partial charge in [0.1, 0.15) is 10.5 Å². The van der Waals surface area contributed by atoms with E-state index < -0.39 is 16.5 Å². The van der Waals surface area contributed by atoms with Crippen LogP contribution >= 0.6 is 23.2 Å². The van der Waals surface area contributed by atoms with Crippen LogP contribution in [0.1, 0.15) is 12.8 Å². The molecule has 2 unspecified atom stereocenters. The Balaban J connectivity index is 1.69. The Labute approximate surface area is 97.7 Å². The fraction of sp³-hybridized carbons (Fsp3) is 0.889. The van der Waals surface area contributed by atoms with Crippen LogP contribution in [0.15, 0.2) is 0 Å². The van der Waals surface area contributed by atoms with Crippen molar-refractivity contribution in [3.8, 4) is 0 Å². The van der Waals surface area contributed by atoms with E-state index in [1.807, 2.05) is 0 Å². The lowest BCUT2D eigenvalue weighted by molar-refractivity contribution is -0.122. The Hall–Kier alpha value is -0.0600. The summed E-state index contributed by atoms with van der Waals surface area (Å²) < 4.78 is 12.1. The molecule has 2 fully saturated rings. The van der Waals surface area contributed by atoms with Gasteiger partial charge in [0.25, 0.3) is 0 Å². The molecule has 2 N–H and O–H groups in total. The highest BCUT2D eigenvalue weighted by atomic mass is 35.5. The molecule has 1 heterocycles. The topological polar surface area (TPSA) is 41.1 Å². The summed E-state index contributed by atoms with van der Waals surface area (Å²) in [5.74, 6) is -0.0291. The number of hydrogen-bond acceptors (Lipinski definition) is 2. The minimum atomic E-state index is -0.915. The van der Waals surface area contributed by atoms with Crippen molar-refractivity contribution >= 4 is 29.1 Å². The quantitative estimate of drug-likeness (QED) is 0.738. The predicted octanol–water partition coefficient (Wildman–Crippen LogP) is 0.996. The van der Waals surface area contributed by atoms with Gasteiger partial charge < -0.3 is 10.6 Å². The minimum absolute atomic E-state index is 0.132. The van der Waals surface area contributed by atoms with Crippen LogP contribution in [-0.4, -0.2) is 35.5 Å². The zero-order chi connectivity index (χ0) is 11.1. The highest BCUT2D eigenvalue weighted by Crippen LogP contribution is 2.52. The molecule has 0 aromatic carbocycles. The van der Waals surface area contributed by atoms with Crippen molar-refractivity contribution in [3.63, 3.8) is 0 Å². The molecule has 86 valence electrons. The lowest BCUT2D eigenvalue weighted by atomic mass is 10.2. The van der Waals surface area contributed by atoms with Crippen molar-refractivity contribution in [2.45, 2.75) is 29.4 Å². The van der Waals surface area contributed by atoms with Crippen LogP contribution in [0.4, 0.5) is 4.39 Å². The monoisotopic (exact) mass is 254 g/mol. The summed E-state index contributed by atoms with van der Waals surface area (Å²) in [4.78, 5) is 11.5. The third kappa shape index (κ3) is 2.74. The van der Waals surface area contributed by atoms with E-state index in [2.05, 4.69) is 10.6 Å². The number of alkyl halides is 3. The number of hydrogen-bond donors (Lipinski definition) is 2. The van der Waals surface area contributed by atoms with Crippen LogP contribution in [0.25, 0.3) is 0 Å². The van der Waals surface area contributed by atoms with E-state index in [-0.39, 0.29) is 24.8 Å². The maximum absolute atomic E-state index is 12.8. The fourth-order valence-electron chi connectivity index (χ4n) is 1.73. The molecule has 1 saturated heterocycles. The van der Waals surface area contributed by atoms with Gasteiger partial charge in [-0.05, 0) is 6.42 Å². The van der Waals surface area contributed by atoms with Crippen LogP contribution in [0.2, 0.25) is 0 Å². The van der Waals surface area contributed by atoms with E-state index in [0.29, 0.717) is 13.0 Å². The van der Waals surface area contributed by atoms with Gasteiger partial charge in [-0.3, -0.25) is 4.79 Å². The highest BCUT2D eigenvalue weighted by Gasteiger charge is 2.51. The Morgan fingerprint density at radius 2 is 2.27 bits per heavy atom. The van der Waals surface area contributed by atoms with Gasteiger partial charge in [-0.25, -0.2) is 4.39 Å². The summed E-state index contributed by atoms with van der Waals surface area (Å²) >= 11 is 11.6. The number of carbonyl (C=O) groups is 1. The van der Waals surface area contributed by atoms with Crippen molar-refractivity contribution in [1.82, 2.24) is 10.6 Å². The molecule has 2 rings (SSSR count). The summed E-state index contributed by atoms with van der Waals surface area (Å²) in [5.41, 5.74) is 0. The predicted molar refractivity (Wildman–Crippen MR) is 56.9 cm³/mol. The smallest absolute Gasteiger partial charge is 0.237 e. The Kier molecular flexibility index (Phi) is 3.10. The average Bonchev–Trinajstić information content (AvgIpc) is 2.59. The molecule has 1 amide bonds. The van der Waals surface area contributed by atoms with E-state index in [0.717, 1.165) is 0 Å². The maximum Gasteiger partial charge on any atom is 0.237 e. The zero-order valence-electron chi connectivity index (χ0n) is 8.10. The van der Waals surface area contributed by atoms with E-state index in [1.54, 1.807) is 0 Å². The van der Waals surface area contributed by atoms with Gasteiger partial charge >= 0.3 is 0 Å². The van der Waals surface area contributed by atoms with E-state index in [1.165, 1.54) is 0 Å². The summed E-state index contributed by atoms with van der Waals surface area (Å²) in [6, 6.07) is -0.404. The SMILES string of the molecule is O=C(NC[C@@H]1CC1(Cl)Cl)C1CC(F)CN1. The van der Waals surface area contributed by atoms with Crippen molar-refractivity contribution in [2.24, 2.45) is 5.92 Å². The molecule has 0 bridgehead atoms. The number of halogens is 3. The summed E-state index contributed by atoms with van der Waals surface area (Å²) in [5, 5.41) is 5.54. The number of rotatable bonds is 3. The minimum Gasteiger partial charge on any atom is -0.354 e. The average molecular weight is 255 g/mol. The van der Waals surface area contributed by atoms with Crippen LogP contribution in [0, 0.1) is 5.92 Å². The van der Waals surface area contributed by atoms with Gasteiger partial charge in [-0.15, -0.1) is 23.2 Å². The standard InChI is InChI=1S/C9H13Cl2FN2O/c10-9(11)2-5(9)3-14-8(15)7-1-6(12)4-13-7/h5-7,13H,1-4H2,(H,14,15)/t5-,6?,7?/m0/s1. The summed E-state index contributed by atoms with van der Waals surface area (Å²) in [6.07, 6.45) is 0.0469. The molecule has 15 heavy (non-hydrogen) atoms. The first-order chi connectivity index (χ1) is 6.99. The van der Waals surface area contributed by atoms with Crippen molar-refractivity contribution in [2.75, 3.05) is 13.1 Å². The van der Waals surface area contributed by atoms with Crippen molar-refractivity contribution < 1.29 is 9.18 Å². The number of carbonyl (C=O) groups excluding carboxylic acids is 1. The molecule has 1 saturated carbocycles. The van der Waals surface area contributed by atoms with Gasteiger partial charge in [-0.1, -0.05) is 0 Å². The Morgan fingerprint density at radius 1 is 1.60 bits per heavy atom. The van der Waals surface area contributed by atoms with Gasteiger partial charge in [-0.2, -0.15) is 0 Å². The zero-order valence-corrected chi connectivity index (χ0v) is 9.61. The molecule has 0 aromatic heterocycles. The van der Waals surface area contributed by atoms with E-state index in [9.17, 15) is 9.18 Å². The second-order valence-corrected chi connectivity index (χ2v) is 5.74. The Bertz CT molecular complexity index is 275. The second kappa shape index (κ2) is 4.07. The molecular formula is C9H13Cl2FN2O. The molecule has 6 heteroatoms. The van der Waals surface area contributed by atoms with Crippen molar-refractivity contribution in [3.05, 3.63) is 0 Å². The molecular weight excluding hydrogens is 242 g/mol. The lowest BCUT2D eigenvalue weighted by Crippen LogP contribution is -2.41. The summed E-state index contributed by atoms with van der Waals surface area (Å²) in [7, 11) is 0. The number of nitrogens with one attached hydrogen (secondary N) is 2. The van der Waals surface area contributed by atoms with Crippen molar-refractivity contribution in [1.29, 1.82) is 0 Å². The van der Waals surface area contributed by atoms with Crippen LogP contribution < -0.4 is 10.6 Å². The third-order valence-electron chi connectivity index (χ3n) is 2.87. The maximum atomic E-state index is 12.8. The molecule has 0 aromatic rings. The molecule has 0 spiro atoms. The largest absolute Gasteiger partial charge is 0.354 e. The summed E-state index contributed by atoms with van der Waals surface area (Å²) in [6.45, 7) is 0.734. The number of amides is 1. The highest BCUT2D eigenvalue weighted by molar-refractivity contribution is 6.50. The Morgan fingerprint density at radius 3 is 2.73 bits per heavy atom. The molecule has 1 aliphatic heterocycles. The molecule has 1 aliphatic carbocycles. The van der Waals surface area contributed by atoms with Gasteiger partial charge in [0.15, 0.2) is 0 Å². The van der Waals surface area contributed by atoms with E-state index >= 15 is 0 Å². The van der Waals surface area contributed by atoms with Gasteiger partial charge in [0.2, 0.25) is 5.91 Å². The first-order valence-corrected chi connectivity index (χ1v) is 5.77. The van der Waals surface area contributed by atoms with Crippen LogP contribution in [0.3, 0.4) is 0 Å².